The summed E-state index contributed by atoms with van der Waals surface area (Å²) < 4.78 is 6.90. The van der Waals surface area contributed by atoms with Crippen molar-refractivity contribution in [3.63, 3.8) is 0 Å². The van der Waals surface area contributed by atoms with E-state index in [9.17, 15) is 9.90 Å². The lowest BCUT2D eigenvalue weighted by atomic mass is 9.90. The molecule has 1 aliphatic carbocycles. The molecule has 2 rings (SSSR count). The molecule has 0 aromatic carbocycles. The van der Waals surface area contributed by atoms with Gasteiger partial charge < -0.3 is 15.2 Å². The number of aliphatic hydroxyl groups excluding tert-OH is 1. The minimum atomic E-state index is -0.650. The number of carbonyl (C=O) groups excluding carboxylic acids is 1. The second-order valence-electron chi connectivity index (χ2n) is 5.02. The molecule has 1 heterocycles. The maximum absolute atomic E-state index is 11.9. The molecule has 0 radical (unpaired) electrons. The molecule has 1 aromatic rings. The molecule has 20 heavy (non-hydrogen) atoms. The molecule has 0 saturated heterocycles. The van der Waals surface area contributed by atoms with Gasteiger partial charge in [0.25, 0.3) is 0 Å². The predicted molar refractivity (Wildman–Crippen MR) is 74.8 cm³/mol. The molecule has 1 amide bonds. The Balaban J connectivity index is 1.91. The third-order valence-electron chi connectivity index (χ3n) is 3.69. The number of aliphatic hydroxyl groups is 1. The Hall–Kier alpha value is -1.66. The zero-order valence-corrected chi connectivity index (χ0v) is 11.8. The Labute approximate surface area is 118 Å². The number of amides is 1. The zero-order chi connectivity index (χ0) is 14.5. The van der Waals surface area contributed by atoms with Crippen LogP contribution in [0.4, 0.5) is 0 Å². The molecule has 1 saturated carbocycles. The van der Waals surface area contributed by atoms with Gasteiger partial charge in [0.1, 0.15) is 6.10 Å². The van der Waals surface area contributed by atoms with E-state index in [4.69, 9.17) is 4.74 Å². The van der Waals surface area contributed by atoms with E-state index in [0.717, 1.165) is 25.0 Å². The van der Waals surface area contributed by atoms with Crippen LogP contribution in [0.1, 0.15) is 25.0 Å². The number of aromatic nitrogens is 2. The summed E-state index contributed by atoms with van der Waals surface area (Å²) in [5.74, 6) is -0.216. The largest absolute Gasteiger partial charge is 0.388 e. The topological polar surface area (TPSA) is 76.4 Å². The second-order valence-corrected chi connectivity index (χ2v) is 5.02. The summed E-state index contributed by atoms with van der Waals surface area (Å²) in [6, 6.07) is 1.57. The van der Waals surface area contributed by atoms with Crippen LogP contribution >= 0.6 is 0 Å². The van der Waals surface area contributed by atoms with Crippen LogP contribution in [0.3, 0.4) is 0 Å². The summed E-state index contributed by atoms with van der Waals surface area (Å²) in [4.78, 5) is 11.9. The van der Waals surface area contributed by atoms with Crippen LogP contribution in [0.2, 0.25) is 0 Å². The van der Waals surface area contributed by atoms with Crippen molar-refractivity contribution in [1.29, 1.82) is 0 Å². The van der Waals surface area contributed by atoms with Crippen molar-refractivity contribution in [2.75, 3.05) is 7.11 Å². The van der Waals surface area contributed by atoms with E-state index in [-0.39, 0.29) is 18.1 Å². The van der Waals surface area contributed by atoms with Crippen molar-refractivity contribution in [3.05, 3.63) is 24.0 Å². The van der Waals surface area contributed by atoms with Crippen LogP contribution in [-0.2, 0) is 16.6 Å². The number of carbonyl (C=O) groups is 1. The number of aryl methyl sites for hydroxylation is 1. The zero-order valence-electron chi connectivity index (χ0n) is 11.8. The van der Waals surface area contributed by atoms with Gasteiger partial charge in [-0.15, -0.1) is 0 Å². The van der Waals surface area contributed by atoms with Gasteiger partial charge >= 0.3 is 0 Å². The Morgan fingerprint density at radius 1 is 1.60 bits per heavy atom. The molecular weight excluding hydrogens is 258 g/mol. The van der Waals surface area contributed by atoms with E-state index in [1.54, 1.807) is 24.1 Å². The number of nitrogens with zero attached hydrogens (tertiary/aromatic N) is 2. The lowest BCUT2D eigenvalue weighted by molar-refractivity contribution is -0.120. The van der Waals surface area contributed by atoms with Crippen molar-refractivity contribution in [2.24, 2.45) is 7.05 Å². The first-order valence-electron chi connectivity index (χ1n) is 6.79. The van der Waals surface area contributed by atoms with Crippen LogP contribution < -0.4 is 5.32 Å². The van der Waals surface area contributed by atoms with E-state index in [1.165, 1.54) is 6.08 Å². The van der Waals surface area contributed by atoms with E-state index in [2.05, 4.69) is 10.4 Å². The van der Waals surface area contributed by atoms with Crippen molar-refractivity contribution >= 4 is 12.0 Å². The van der Waals surface area contributed by atoms with Gasteiger partial charge in [-0.3, -0.25) is 9.48 Å². The molecule has 1 aliphatic rings. The fourth-order valence-corrected chi connectivity index (χ4v) is 2.49. The Morgan fingerprint density at radius 2 is 2.40 bits per heavy atom. The summed E-state index contributed by atoms with van der Waals surface area (Å²) in [6.45, 7) is 0. The van der Waals surface area contributed by atoms with Crippen molar-refractivity contribution in [3.8, 4) is 0 Å². The third kappa shape index (κ3) is 3.46. The molecule has 6 nitrogen and oxygen atoms in total. The van der Waals surface area contributed by atoms with Crippen LogP contribution in [0.25, 0.3) is 6.08 Å². The monoisotopic (exact) mass is 279 g/mol. The third-order valence-corrected chi connectivity index (χ3v) is 3.69. The van der Waals surface area contributed by atoms with Gasteiger partial charge in [0.15, 0.2) is 0 Å². The SMILES string of the molecule is CO[C@@H]1CCC[C@@H](NC(=O)/C=C/c2ccnn2C)[C@H]1O. The average Bonchev–Trinajstić information content (AvgIpc) is 2.84. The number of nitrogens with one attached hydrogen (secondary N) is 1. The fourth-order valence-electron chi connectivity index (χ4n) is 2.49. The molecule has 0 unspecified atom stereocenters. The highest BCUT2D eigenvalue weighted by atomic mass is 16.5. The van der Waals surface area contributed by atoms with E-state index >= 15 is 0 Å². The van der Waals surface area contributed by atoms with Gasteiger partial charge in [-0.25, -0.2) is 0 Å². The van der Waals surface area contributed by atoms with Crippen molar-refractivity contribution in [1.82, 2.24) is 15.1 Å². The molecule has 2 N–H and O–H groups in total. The quantitative estimate of drug-likeness (QED) is 0.786. The van der Waals surface area contributed by atoms with Gasteiger partial charge in [-0.05, 0) is 31.4 Å². The maximum atomic E-state index is 11.9. The van der Waals surface area contributed by atoms with Crippen LogP contribution in [0, 0.1) is 0 Å². The van der Waals surface area contributed by atoms with Gasteiger partial charge in [0.2, 0.25) is 5.91 Å². The summed E-state index contributed by atoms with van der Waals surface area (Å²) in [5.41, 5.74) is 0.846. The molecule has 3 atom stereocenters. The summed E-state index contributed by atoms with van der Waals surface area (Å²) in [6.07, 6.45) is 6.52. The van der Waals surface area contributed by atoms with E-state index < -0.39 is 6.10 Å². The first-order chi connectivity index (χ1) is 9.61. The molecular formula is C14H21N3O3. The first-order valence-corrected chi connectivity index (χ1v) is 6.79. The Bertz CT molecular complexity index is 484. The normalized spacial score (nSPS) is 26.9. The molecule has 110 valence electrons. The molecule has 0 spiro atoms. The van der Waals surface area contributed by atoms with Gasteiger partial charge in [-0.1, -0.05) is 0 Å². The maximum Gasteiger partial charge on any atom is 0.244 e. The Kier molecular flexibility index (Phi) is 4.92. The molecule has 0 bridgehead atoms. The fraction of sp³-hybridized carbons (Fsp3) is 0.571. The van der Waals surface area contributed by atoms with Gasteiger partial charge in [0.05, 0.1) is 17.8 Å². The minimum absolute atomic E-state index is 0.199. The van der Waals surface area contributed by atoms with Crippen LogP contribution in [0.15, 0.2) is 18.3 Å². The number of methoxy groups -OCH3 is 1. The van der Waals surface area contributed by atoms with Crippen molar-refractivity contribution < 1.29 is 14.6 Å². The van der Waals surface area contributed by atoms with E-state index in [0.29, 0.717) is 0 Å². The highest BCUT2D eigenvalue weighted by Gasteiger charge is 2.32. The smallest absolute Gasteiger partial charge is 0.244 e. The van der Waals surface area contributed by atoms with Gasteiger partial charge in [0, 0.05) is 26.4 Å². The first kappa shape index (κ1) is 14.7. The predicted octanol–water partition coefficient (Wildman–Crippen LogP) is 0.478. The molecule has 6 heteroatoms. The number of rotatable bonds is 4. The average molecular weight is 279 g/mol. The lowest BCUT2D eigenvalue weighted by Crippen LogP contribution is -2.51. The Morgan fingerprint density at radius 3 is 3.05 bits per heavy atom. The van der Waals surface area contributed by atoms with Crippen LogP contribution in [-0.4, -0.2) is 46.2 Å². The lowest BCUT2D eigenvalue weighted by Gasteiger charge is -2.34. The summed E-state index contributed by atoms with van der Waals surface area (Å²) in [7, 11) is 3.39. The summed E-state index contributed by atoms with van der Waals surface area (Å²) >= 11 is 0. The summed E-state index contributed by atoms with van der Waals surface area (Å²) in [5, 5.41) is 16.9. The van der Waals surface area contributed by atoms with Gasteiger partial charge in [-0.2, -0.15) is 5.10 Å². The molecule has 1 fully saturated rings. The molecule has 0 aliphatic heterocycles. The second kappa shape index (κ2) is 6.67. The van der Waals surface area contributed by atoms with Crippen LogP contribution in [0.5, 0.6) is 0 Å². The minimum Gasteiger partial charge on any atom is -0.388 e. The standard InChI is InChI=1S/C14H21N3O3/c1-17-10(8-9-15-17)6-7-13(18)16-11-4-3-5-12(20-2)14(11)19/h6-9,11-12,14,19H,3-5H2,1-2H3,(H,16,18)/b7-6+/t11-,12-,14-/m1/s1. The molecule has 1 aromatic heterocycles. The highest BCUT2D eigenvalue weighted by molar-refractivity contribution is 5.91. The number of ether oxygens (including phenoxy) is 1. The highest BCUT2D eigenvalue weighted by Crippen LogP contribution is 2.21. The van der Waals surface area contributed by atoms with E-state index in [1.807, 2.05) is 13.1 Å². The number of hydrogen-bond donors (Lipinski definition) is 2. The van der Waals surface area contributed by atoms with Crippen molar-refractivity contribution in [2.45, 2.75) is 37.5 Å². The number of hydrogen-bond acceptors (Lipinski definition) is 4.